The van der Waals surface area contributed by atoms with Crippen molar-refractivity contribution in [3.63, 3.8) is 0 Å². The molecule has 1 unspecified atom stereocenters. The predicted octanol–water partition coefficient (Wildman–Crippen LogP) is -0.172. The van der Waals surface area contributed by atoms with Gasteiger partial charge >= 0.3 is 0 Å². The normalized spacial score (nSPS) is 25.5. The molecular weight excluding hydrogens is 302 g/mol. The average Bonchev–Trinajstić information content (AvgIpc) is 2.62. The highest BCUT2D eigenvalue weighted by Gasteiger charge is 2.41. The number of sulfonamides is 1. The molecule has 1 atom stereocenters. The van der Waals surface area contributed by atoms with Crippen molar-refractivity contribution >= 4 is 25.5 Å². The van der Waals surface area contributed by atoms with Gasteiger partial charge in [-0.3, -0.25) is 5.84 Å². The molecule has 0 bridgehead atoms. The molecule has 1 saturated heterocycles. The van der Waals surface area contributed by atoms with Crippen LogP contribution in [0.25, 0.3) is 0 Å². The van der Waals surface area contributed by atoms with Crippen molar-refractivity contribution < 1.29 is 16.8 Å². The molecule has 112 valence electrons. The van der Waals surface area contributed by atoms with Gasteiger partial charge in [-0.1, -0.05) is 12.1 Å². The van der Waals surface area contributed by atoms with Crippen molar-refractivity contribution in [3.8, 4) is 0 Å². The molecule has 20 heavy (non-hydrogen) atoms. The van der Waals surface area contributed by atoms with E-state index in [9.17, 15) is 16.8 Å². The minimum absolute atomic E-state index is 0.00646. The number of anilines is 1. The summed E-state index contributed by atoms with van der Waals surface area (Å²) in [5.74, 6) is 5.09. The van der Waals surface area contributed by atoms with Crippen LogP contribution in [0.3, 0.4) is 0 Å². The first kappa shape index (κ1) is 15.2. The van der Waals surface area contributed by atoms with Gasteiger partial charge in [0.05, 0.1) is 17.2 Å². The van der Waals surface area contributed by atoms with E-state index in [2.05, 4.69) is 10.1 Å². The quantitative estimate of drug-likeness (QED) is 0.524. The Bertz CT molecular complexity index is 715. The maximum atomic E-state index is 12.4. The Morgan fingerprint density at radius 2 is 1.95 bits per heavy atom. The van der Waals surface area contributed by atoms with Crippen molar-refractivity contribution in [3.05, 3.63) is 24.3 Å². The maximum absolute atomic E-state index is 12.4. The zero-order chi connectivity index (χ0) is 15.0. The molecular formula is C11H17N3O4S2. The highest BCUT2D eigenvalue weighted by atomic mass is 32.2. The fourth-order valence-electron chi connectivity index (χ4n) is 2.29. The Kier molecular flexibility index (Phi) is 3.80. The number of benzene rings is 1. The second-order valence-corrected chi connectivity index (χ2v) is 8.98. The summed E-state index contributed by atoms with van der Waals surface area (Å²) in [6.45, 7) is 1.59. The van der Waals surface area contributed by atoms with Gasteiger partial charge in [0.2, 0.25) is 10.0 Å². The van der Waals surface area contributed by atoms with Gasteiger partial charge in [-0.2, -0.15) is 0 Å². The lowest BCUT2D eigenvalue weighted by atomic mass is 10.0. The first-order valence-electron chi connectivity index (χ1n) is 5.98. The largest absolute Gasteiger partial charge is 0.323 e. The second kappa shape index (κ2) is 4.99. The lowest BCUT2D eigenvalue weighted by Gasteiger charge is -2.24. The Morgan fingerprint density at radius 1 is 1.30 bits per heavy atom. The highest BCUT2D eigenvalue weighted by Crippen LogP contribution is 2.27. The zero-order valence-corrected chi connectivity index (χ0v) is 12.6. The SMILES string of the molecule is CC1(NS(=O)(=O)c2ccccc2NN)CCS(=O)(=O)C1. The highest BCUT2D eigenvalue weighted by molar-refractivity contribution is 7.92. The van der Waals surface area contributed by atoms with E-state index in [0.29, 0.717) is 0 Å². The van der Waals surface area contributed by atoms with E-state index in [-0.39, 0.29) is 28.5 Å². The standard InChI is InChI=1S/C11H17N3O4S2/c1-11(6-7-19(15,16)8-11)14-20(17,18)10-5-3-2-4-9(10)13-12/h2-5,13-14H,6-8,12H2,1H3. The van der Waals surface area contributed by atoms with Gasteiger partial charge in [-0.15, -0.1) is 0 Å². The molecule has 4 N–H and O–H groups in total. The van der Waals surface area contributed by atoms with Crippen LogP contribution in [-0.2, 0) is 19.9 Å². The van der Waals surface area contributed by atoms with Crippen LogP contribution in [0.15, 0.2) is 29.2 Å². The average molecular weight is 319 g/mol. The van der Waals surface area contributed by atoms with Crippen LogP contribution >= 0.6 is 0 Å². The predicted molar refractivity (Wildman–Crippen MR) is 76.2 cm³/mol. The van der Waals surface area contributed by atoms with Gasteiger partial charge < -0.3 is 5.43 Å². The maximum Gasteiger partial charge on any atom is 0.243 e. The molecule has 1 aromatic rings. The van der Waals surface area contributed by atoms with Crippen LogP contribution in [0.4, 0.5) is 5.69 Å². The molecule has 0 amide bonds. The molecule has 0 aromatic heterocycles. The van der Waals surface area contributed by atoms with Crippen molar-refractivity contribution in [2.75, 3.05) is 16.9 Å². The molecule has 1 heterocycles. The van der Waals surface area contributed by atoms with E-state index in [1.54, 1.807) is 19.1 Å². The monoisotopic (exact) mass is 319 g/mol. The Morgan fingerprint density at radius 3 is 2.50 bits per heavy atom. The van der Waals surface area contributed by atoms with Crippen LogP contribution in [-0.4, -0.2) is 33.9 Å². The minimum atomic E-state index is -3.85. The molecule has 0 spiro atoms. The van der Waals surface area contributed by atoms with Crippen LogP contribution in [0.5, 0.6) is 0 Å². The molecule has 9 heteroatoms. The summed E-state index contributed by atoms with van der Waals surface area (Å²) >= 11 is 0. The molecule has 2 rings (SSSR count). The summed E-state index contributed by atoms with van der Waals surface area (Å²) in [6.07, 6.45) is 0.257. The third kappa shape index (κ3) is 3.11. The van der Waals surface area contributed by atoms with Gasteiger partial charge in [0.15, 0.2) is 9.84 Å². The summed E-state index contributed by atoms with van der Waals surface area (Å²) in [5, 5.41) is 0. The number of nitrogens with one attached hydrogen (secondary N) is 2. The summed E-state index contributed by atoms with van der Waals surface area (Å²) in [4.78, 5) is -0.00646. The van der Waals surface area contributed by atoms with Crippen LogP contribution in [0.1, 0.15) is 13.3 Å². The van der Waals surface area contributed by atoms with Gasteiger partial charge in [0, 0.05) is 5.54 Å². The summed E-state index contributed by atoms with van der Waals surface area (Å²) in [7, 11) is -7.04. The third-order valence-electron chi connectivity index (χ3n) is 3.22. The number of nitrogen functional groups attached to an aromatic ring is 1. The lowest BCUT2D eigenvalue weighted by molar-refractivity contribution is 0.462. The number of hydrogen-bond donors (Lipinski definition) is 3. The molecule has 1 aliphatic heterocycles. The molecule has 7 nitrogen and oxygen atoms in total. The second-order valence-electron chi connectivity index (χ2n) is 5.15. The van der Waals surface area contributed by atoms with E-state index in [1.807, 2.05) is 0 Å². The molecule has 1 fully saturated rings. The Balaban J connectivity index is 2.33. The van der Waals surface area contributed by atoms with Crippen molar-refractivity contribution in [1.82, 2.24) is 4.72 Å². The third-order valence-corrected chi connectivity index (χ3v) is 6.82. The van der Waals surface area contributed by atoms with Gasteiger partial charge in [-0.05, 0) is 25.5 Å². The molecule has 1 aromatic carbocycles. The van der Waals surface area contributed by atoms with E-state index in [0.717, 1.165) is 0 Å². The van der Waals surface area contributed by atoms with Crippen LogP contribution in [0, 0.1) is 0 Å². The number of hydrazine groups is 1. The smallest absolute Gasteiger partial charge is 0.243 e. The molecule has 0 aliphatic carbocycles. The first-order chi connectivity index (χ1) is 9.18. The minimum Gasteiger partial charge on any atom is -0.323 e. The lowest BCUT2D eigenvalue weighted by Crippen LogP contribution is -2.46. The van der Waals surface area contributed by atoms with Gasteiger partial charge in [0.1, 0.15) is 4.90 Å². The molecule has 0 saturated carbocycles. The zero-order valence-electron chi connectivity index (χ0n) is 11.0. The molecule has 1 aliphatic rings. The number of para-hydroxylation sites is 1. The van der Waals surface area contributed by atoms with Gasteiger partial charge in [-0.25, -0.2) is 21.6 Å². The van der Waals surface area contributed by atoms with E-state index in [4.69, 9.17) is 5.84 Å². The van der Waals surface area contributed by atoms with Crippen molar-refractivity contribution in [1.29, 1.82) is 0 Å². The van der Waals surface area contributed by atoms with E-state index in [1.165, 1.54) is 12.1 Å². The Hall–Kier alpha value is -1.16. The Labute approximate surface area is 118 Å². The van der Waals surface area contributed by atoms with Crippen LogP contribution < -0.4 is 16.0 Å². The fraction of sp³-hybridized carbons (Fsp3) is 0.455. The summed E-state index contributed by atoms with van der Waals surface area (Å²) < 4.78 is 50.3. The number of nitrogens with two attached hydrogens (primary N) is 1. The number of rotatable bonds is 4. The van der Waals surface area contributed by atoms with Gasteiger partial charge in [0.25, 0.3) is 0 Å². The molecule has 0 radical (unpaired) electrons. The first-order valence-corrected chi connectivity index (χ1v) is 9.28. The van der Waals surface area contributed by atoms with E-state index < -0.39 is 25.4 Å². The van der Waals surface area contributed by atoms with Crippen LogP contribution in [0.2, 0.25) is 0 Å². The number of sulfone groups is 1. The van der Waals surface area contributed by atoms with E-state index >= 15 is 0 Å². The van der Waals surface area contributed by atoms with Crippen molar-refractivity contribution in [2.45, 2.75) is 23.8 Å². The van der Waals surface area contributed by atoms with Crippen molar-refractivity contribution in [2.24, 2.45) is 5.84 Å². The summed E-state index contributed by atoms with van der Waals surface area (Å²) in [6, 6.07) is 6.16. The fourth-order valence-corrected chi connectivity index (χ4v) is 6.08. The topological polar surface area (TPSA) is 118 Å². The summed E-state index contributed by atoms with van der Waals surface area (Å²) in [5.41, 5.74) is 1.59. The number of hydrogen-bond acceptors (Lipinski definition) is 6.